The smallest absolute Gasteiger partial charge is 0.296 e. The van der Waals surface area contributed by atoms with E-state index in [1.165, 1.54) is 16.0 Å². The molecule has 4 heterocycles. The fraction of sp³-hybridized carbons (Fsp3) is 0.630. The molecule has 0 aliphatic carbocycles. The second kappa shape index (κ2) is 14.0. The normalized spacial score (nSPS) is 18.0. The summed E-state index contributed by atoms with van der Waals surface area (Å²) in [6, 6.07) is 4.91. The molecule has 0 saturated carbocycles. The van der Waals surface area contributed by atoms with Gasteiger partial charge in [-0.2, -0.15) is 15.0 Å². The maximum Gasteiger partial charge on any atom is 0.296 e. The second-order valence-electron chi connectivity index (χ2n) is 11.1. The van der Waals surface area contributed by atoms with Crippen molar-refractivity contribution in [1.82, 2.24) is 33.7 Å². The SMILES string of the molecule is COc1cccc2c1nc(C(F)F)n2-c1nc(NC(CCN(C)C)C2CCN(S(=O)(=O)CCl)CC2)nc(N2CCOCC2)n1. The van der Waals surface area contributed by atoms with Crippen LogP contribution in [-0.4, -0.2) is 121 Å². The third-order valence-electron chi connectivity index (χ3n) is 8.00. The minimum atomic E-state index is -3.50. The number of benzene rings is 1. The van der Waals surface area contributed by atoms with Crippen molar-refractivity contribution >= 4 is 44.6 Å². The number of ether oxygens (including phenoxy) is 2. The lowest BCUT2D eigenvalue weighted by atomic mass is 9.88. The number of hydrogen-bond acceptors (Lipinski definition) is 11. The molecule has 44 heavy (non-hydrogen) atoms. The molecule has 2 saturated heterocycles. The Bertz CT molecular complexity index is 1530. The van der Waals surface area contributed by atoms with Crippen LogP contribution >= 0.6 is 11.6 Å². The lowest BCUT2D eigenvalue weighted by molar-refractivity contribution is 0.122. The number of piperidine rings is 1. The third-order valence-corrected chi connectivity index (χ3v) is 10.3. The largest absolute Gasteiger partial charge is 0.494 e. The van der Waals surface area contributed by atoms with E-state index in [0.29, 0.717) is 69.4 Å². The number of halogens is 3. The zero-order chi connectivity index (χ0) is 31.4. The van der Waals surface area contributed by atoms with Crippen LogP contribution in [-0.2, 0) is 14.8 Å². The van der Waals surface area contributed by atoms with Gasteiger partial charge in [-0.15, -0.1) is 11.6 Å². The number of alkyl halides is 3. The van der Waals surface area contributed by atoms with Crippen LogP contribution in [0.3, 0.4) is 0 Å². The molecule has 0 spiro atoms. The fourth-order valence-corrected chi connectivity index (χ4v) is 6.97. The Labute approximate surface area is 260 Å². The number of sulfonamides is 1. The molecule has 2 fully saturated rings. The molecule has 17 heteroatoms. The van der Waals surface area contributed by atoms with Gasteiger partial charge in [0, 0.05) is 32.2 Å². The van der Waals surface area contributed by atoms with Gasteiger partial charge in [-0.25, -0.2) is 26.5 Å². The molecule has 2 aromatic heterocycles. The van der Waals surface area contributed by atoms with E-state index < -0.39 is 27.5 Å². The highest BCUT2D eigenvalue weighted by molar-refractivity contribution is 7.90. The van der Waals surface area contributed by atoms with E-state index in [9.17, 15) is 17.2 Å². The zero-order valence-corrected chi connectivity index (χ0v) is 26.6. The van der Waals surface area contributed by atoms with E-state index in [1.807, 2.05) is 19.0 Å². The predicted molar refractivity (Wildman–Crippen MR) is 164 cm³/mol. The molecule has 1 N–H and O–H groups in total. The van der Waals surface area contributed by atoms with Gasteiger partial charge in [0.15, 0.2) is 5.82 Å². The maximum atomic E-state index is 14.4. The van der Waals surface area contributed by atoms with Crippen molar-refractivity contribution in [2.75, 3.05) is 82.6 Å². The van der Waals surface area contributed by atoms with E-state index >= 15 is 0 Å². The van der Waals surface area contributed by atoms with Gasteiger partial charge in [-0.05, 0) is 58.0 Å². The third kappa shape index (κ3) is 7.14. The molecule has 5 rings (SSSR count). The lowest BCUT2D eigenvalue weighted by Gasteiger charge is -2.36. The van der Waals surface area contributed by atoms with E-state index in [4.69, 9.17) is 26.1 Å². The molecule has 13 nitrogen and oxygen atoms in total. The van der Waals surface area contributed by atoms with Crippen LogP contribution in [0.25, 0.3) is 17.0 Å². The zero-order valence-electron chi connectivity index (χ0n) is 25.0. The molecular weight excluding hydrogens is 620 g/mol. The van der Waals surface area contributed by atoms with Crippen LogP contribution in [0, 0.1) is 5.92 Å². The molecule has 0 amide bonds. The summed E-state index contributed by atoms with van der Waals surface area (Å²) >= 11 is 5.70. The van der Waals surface area contributed by atoms with Gasteiger partial charge in [-0.1, -0.05) is 6.07 Å². The van der Waals surface area contributed by atoms with Crippen molar-refractivity contribution in [3.05, 3.63) is 24.0 Å². The molecule has 2 aliphatic rings. The molecule has 3 aromatic rings. The average Bonchev–Trinajstić information content (AvgIpc) is 3.44. The van der Waals surface area contributed by atoms with Crippen LogP contribution in [0.1, 0.15) is 31.5 Å². The monoisotopic (exact) mass is 657 g/mol. The number of morpholine rings is 1. The summed E-state index contributed by atoms with van der Waals surface area (Å²) in [4.78, 5) is 22.3. The van der Waals surface area contributed by atoms with E-state index in [2.05, 4.69) is 25.2 Å². The Kier molecular flexibility index (Phi) is 10.3. The minimum Gasteiger partial charge on any atom is -0.494 e. The van der Waals surface area contributed by atoms with E-state index in [1.54, 1.807) is 18.2 Å². The number of aromatic nitrogens is 5. The Hall–Kier alpha value is -2.92. The predicted octanol–water partition coefficient (Wildman–Crippen LogP) is 2.96. The van der Waals surface area contributed by atoms with E-state index in [0.717, 1.165) is 13.0 Å². The number of methoxy groups -OCH3 is 1. The average molecular weight is 658 g/mol. The standard InChI is InChI=1S/C27H38ClF2N9O4S/c1-36(2)10-9-19(18-7-11-38(12-8-18)44(40,41)17-28)31-25-33-26(37-13-15-43-16-14-37)35-27(34-25)39-20-5-4-6-21(42-3)22(20)32-24(39)23(29)30/h4-6,18-19,23H,7-17H2,1-3H3,(H,31,33,34,35). The van der Waals surface area contributed by atoms with Gasteiger partial charge in [0.05, 0.1) is 25.8 Å². The summed E-state index contributed by atoms with van der Waals surface area (Å²) in [5.74, 6) is 0.533. The number of imidazole rings is 1. The van der Waals surface area contributed by atoms with Crippen LogP contribution < -0.4 is 15.0 Å². The lowest BCUT2D eigenvalue weighted by Crippen LogP contribution is -2.44. The van der Waals surface area contributed by atoms with Crippen molar-refractivity contribution in [3.63, 3.8) is 0 Å². The van der Waals surface area contributed by atoms with Gasteiger partial charge >= 0.3 is 0 Å². The van der Waals surface area contributed by atoms with E-state index in [-0.39, 0.29) is 29.4 Å². The summed E-state index contributed by atoms with van der Waals surface area (Å²) in [5, 5.41) is 3.03. The molecular formula is C27H38ClF2N9O4S. The minimum absolute atomic E-state index is 0.00410. The number of nitrogens with one attached hydrogen (secondary N) is 1. The molecule has 2 aliphatic heterocycles. The number of hydrogen-bond donors (Lipinski definition) is 1. The Balaban J connectivity index is 1.54. The Morgan fingerprint density at radius 2 is 1.80 bits per heavy atom. The maximum absolute atomic E-state index is 14.4. The number of para-hydroxylation sites is 1. The van der Waals surface area contributed by atoms with Crippen molar-refractivity contribution < 1.29 is 26.7 Å². The quantitative estimate of drug-likeness (QED) is 0.289. The van der Waals surface area contributed by atoms with Crippen molar-refractivity contribution in [3.8, 4) is 11.7 Å². The highest BCUT2D eigenvalue weighted by Crippen LogP contribution is 2.33. The van der Waals surface area contributed by atoms with Gasteiger partial charge in [0.1, 0.15) is 16.5 Å². The summed E-state index contributed by atoms with van der Waals surface area (Å²) < 4.78 is 67.1. The van der Waals surface area contributed by atoms with Crippen LogP contribution in [0.15, 0.2) is 18.2 Å². The van der Waals surface area contributed by atoms with Gasteiger partial charge < -0.3 is 24.6 Å². The van der Waals surface area contributed by atoms with Crippen LogP contribution in [0.4, 0.5) is 20.7 Å². The number of rotatable bonds is 12. The topological polar surface area (TPSA) is 131 Å². The highest BCUT2D eigenvalue weighted by Gasteiger charge is 2.32. The van der Waals surface area contributed by atoms with Crippen molar-refractivity contribution in [2.45, 2.75) is 31.7 Å². The Morgan fingerprint density at radius 3 is 2.43 bits per heavy atom. The van der Waals surface area contributed by atoms with Crippen molar-refractivity contribution in [1.29, 1.82) is 0 Å². The molecule has 242 valence electrons. The summed E-state index contributed by atoms with van der Waals surface area (Å²) in [6.45, 7) is 3.50. The second-order valence-corrected chi connectivity index (χ2v) is 13.6. The summed E-state index contributed by atoms with van der Waals surface area (Å²) in [7, 11) is 1.93. The molecule has 1 atom stereocenters. The molecule has 0 bridgehead atoms. The van der Waals surface area contributed by atoms with Gasteiger partial charge in [0.2, 0.25) is 27.9 Å². The molecule has 0 radical (unpaired) electrons. The highest BCUT2D eigenvalue weighted by atomic mass is 35.5. The van der Waals surface area contributed by atoms with Gasteiger partial charge in [-0.3, -0.25) is 4.57 Å². The summed E-state index contributed by atoms with van der Waals surface area (Å²) in [6.07, 6.45) is -0.940. The molecule has 1 unspecified atom stereocenters. The first-order valence-electron chi connectivity index (χ1n) is 14.5. The van der Waals surface area contributed by atoms with Gasteiger partial charge in [0.25, 0.3) is 6.43 Å². The Morgan fingerprint density at radius 1 is 1.09 bits per heavy atom. The van der Waals surface area contributed by atoms with Crippen molar-refractivity contribution in [2.24, 2.45) is 5.92 Å². The molecule has 1 aromatic carbocycles. The summed E-state index contributed by atoms with van der Waals surface area (Å²) in [5.41, 5.74) is 0.650. The number of fused-ring (bicyclic) bond motifs is 1. The first kappa shape index (κ1) is 32.5. The first-order chi connectivity index (χ1) is 21.1. The van der Waals surface area contributed by atoms with Crippen LogP contribution in [0.5, 0.6) is 5.75 Å². The van der Waals surface area contributed by atoms with Crippen LogP contribution in [0.2, 0.25) is 0 Å². The number of anilines is 2. The fourth-order valence-electron chi connectivity index (χ4n) is 5.65. The number of nitrogens with zero attached hydrogens (tertiary/aromatic N) is 8. The first-order valence-corrected chi connectivity index (χ1v) is 16.6.